The summed E-state index contributed by atoms with van der Waals surface area (Å²) < 4.78 is 5.82. The first-order chi connectivity index (χ1) is 10.1. The van der Waals surface area contributed by atoms with E-state index in [2.05, 4.69) is 43.9 Å². The summed E-state index contributed by atoms with van der Waals surface area (Å²) in [5, 5.41) is 0. The second kappa shape index (κ2) is 7.28. The Kier molecular flexibility index (Phi) is 5.65. The van der Waals surface area contributed by atoms with Gasteiger partial charge in [-0.05, 0) is 38.2 Å². The van der Waals surface area contributed by atoms with Gasteiger partial charge in [0.25, 0.3) is 0 Å². The van der Waals surface area contributed by atoms with E-state index in [0.29, 0.717) is 25.1 Å². The van der Waals surface area contributed by atoms with E-state index in [9.17, 15) is 0 Å². The molecule has 0 saturated carbocycles. The maximum absolute atomic E-state index is 6.16. The molecule has 0 aliphatic carbocycles. The molecule has 4 atom stereocenters. The van der Waals surface area contributed by atoms with Gasteiger partial charge in [0.05, 0.1) is 12.6 Å². The van der Waals surface area contributed by atoms with Gasteiger partial charge in [0, 0.05) is 24.7 Å². The summed E-state index contributed by atoms with van der Waals surface area (Å²) in [5.74, 6) is 2.42. The molecule has 118 valence electrons. The Morgan fingerprint density at radius 2 is 2.00 bits per heavy atom. The van der Waals surface area contributed by atoms with Gasteiger partial charge in [-0.15, -0.1) is 0 Å². The molecular formula is C18H30N2O. The lowest BCUT2D eigenvalue weighted by atomic mass is 9.84. The van der Waals surface area contributed by atoms with Crippen LogP contribution < -0.4 is 10.5 Å². The van der Waals surface area contributed by atoms with Crippen molar-refractivity contribution in [1.29, 1.82) is 0 Å². The lowest BCUT2D eigenvalue weighted by Crippen LogP contribution is -2.49. The maximum Gasteiger partial charge on any atom is 0.124 e. The first-order valence-corrected chi connectivity index (χ1v) is 8.26. The van der Waals surface area contributed by atoms with Crippen molar-refractivity contribution in [2.24, 2.45) is 17.6 Å². The fraction of sp³-hybridized carbons (Fsp3) is 0.667. The van der Waals surface area contributed by atoms with Gasteiger partial charge in [-0.3, -0.25) is 4.90 Å². The van der Waals surface area contributed by atoms with E-state index in [4.69, 9.17) is 10.5 Å². The molecule has 1 aromatic rings. The molecule has 1 heterocycles. The number of hydrogen-bond donors (Lipinski definition) is 1. The molecule has 1 fully saturated rings. The molecule has 0 aromatic heterocycles. The third-order valence-electron chi connectivity index (χ3n) is 4.84. The van der Waals surface area contributed by atoms with Crippen molar-refractivity contribution >= 4 is 0 Å². The second-order valence-corrected chi connectivity index (χ2v) is 6.48. The predicted octanol–water partition coefficient (Wildman–Crippen LogP) is 3.45. The zero-order valence-corrected chi connectivity index (χ0v) is 13.9. The average molecular weight is 290 g/mol. The van der Waals surface area contributed by atoms with E-state index < -0.39 is 0 Å². The summed E-state index contributed by atoms with van der Waals surface area (Å²) in [6.45, 7) is 11.5. The molecule has 21 heavy (non-hydrogen) atoms. The van der Waals surface area contributed by atoms with E-state index in [1.54, 1.807) is 0 Å². The first-order valence-electron chi connectivity index (χ1n) is 8.26. The number of likely N-dealkylation sites (tertiary alicyclic amines) is 1. The molecule has 3 nitrogen and oxygen atoms in total. The standard InChI is InChI=1S/C18H30N2O/c1-5-21-18-9-7-6-8-16(18)17(11-19)20-12-13(2)10-14(3)15(20)4/h6-9,13-15,17H,5,10-12,19H2,1-4H3. The Balaban J connectivity index is 2.30. The van der Waals surface area contributed by atoms with Crippen molar-refractivity contribution in [3.63, 3.8) is 0 Å². The summed E-state index contributed by atoms with van der Waals surface area (Å²) in [7, 11) is 0. The van der Waals surface area contributed by atoms with Crippen LogP contribution in [0.1, 0.15) is 45.7 Å². The Bertz CT molecular complexity index is 449. The van der Waals surface area contributed by atoms with Crippen LogP contribution in [0.4, 0.5) is 0 Å². The minimum Gasteiger partial charge on any atom is -0.494 e. The highest BCUT2D eigenvalue weighted by Crippen LogP contribution is 2.36. The molecule has 0 bridgehead atoms. The Hall–Kier alpha value is -1.06. The molecule has 0 spiro atoms. The molecule has 2 N–H and O–H groups in total. The monoisotopic (exact) mass is 290 g/mol. The smallest absolute Gasteiger partial charge is 0.124 e. The lowest BCUT2D eigenvalue weighted by molar-refractivity contribution is 0.0414. The van der Waals surface area contributed by atoms with Crippen LogP contribution >= 0.6 is 0 Å². The predicted molar refractivity (Wildman–Crippen MR) is 88.5 cm³/mol. The molecular weight excluding hydrogens is 260 g/mol. The van der Waals surface area contributed by atoms with Crippen LogP contribution in [0.15, 0.2) is 24.3 Å². The van der Waals surface area contributed by atoms with Crippen LogP contribution in [0.3, 0.4) is 0 Å². The highest BCUT2D eigenvalue weighted by molar-refractivity contribution is 5.36. The summed E-state index contributed by atoms with van der Waals surface area (Å²) in [4.78, 5) is 2.58. The van der Waals surface area contributed by atoms with Crippen molar-refractivity contribution < 1.29 is 4.74 Å². The van der Waals surface area contributed by atoms with E-state index in [0.717, 1.165) is 18.2 Å². The largest absolute Gasteiger partial charge is 0.494 e. The topological polar surface area (TPSA) is 38.5 Å². The van der Waals surface area contributed by atoms with Gasteiger partial charge in [0.2, 0.25) is 0 Å². The fourth-order valence-electron chi connectivity index (χ4n) is 3.65. The van der Waals surface area contributed by atoms with Crippen molar-refractivity contribution in [2.45, 2.75) is 46.2 Å². The molecule has 0 amide bonds. The molecule has 1 aliphatic rings. The molecule has 1 aliphatic heterocycles. The normalized spacial score (nSPS) is 28.3. The first kappa shape index (κ1) is 16.3. The van der Waals surface area contributed by atoms with Gasteiger partial charge >= 0.3 is 0 Å². The highest BCUT2D eigenvalue weighted by Gasteiger charge is 2.34. The van der Waals surface area contributed by atoms with Gasteiger partial charge in [-0.2, -0.15) is 0 Å². The third-order valence-corrected chi connectivity index (χ3v) is 4.84. The number of ether oxygens (including phenoxy) is 1. The van der Waals surface area contributed by atoms with E-state index in [1.807, 2.05) is 13.0 Å². The minimum absolute atomic E-state index is 0.243. The SMILES string of the molecule is CCOc1ccccc1C(CN)N1CC(C)CC(C)C1C. The van der Waals surface area contributed by atoms with E-state index in [1.165, 1.54) is 12.0 Å². The molecule has 1 saturated heterocycles. The van der Waals surface area contributed by atoms with Crippen LogP contribution in [0, 0.1) is 11.8 Å². The van der Waals surface area contributed by atoms with Crippen molar-refractivity contribution in [1.82, 2.24) is 4.90 Å². The molecule has 3 heteroatoms. The summed E-state index contributed by atoms with van der Waals surface area (Å²) in [6.07, 6.45) is 1.31. The molecule has 0 radical (unpaired) electrons. The quantitative estimate of drug-likeness (QED) is 0.902. The number of rotatable bonds is 5. The minimum atomic E-state index is 0.243. The summed E-state index contributed by atoms with van der Waals surface area (Å²) >= 11 is 0. The number of benzene rings is 1. The average Bonchev–Trinajstić information content (AvgIpc) is 2.46. The van der Waals surface area contributed by atoms with Gasteiger partial charge in [-0.1, -0.05) is 32.0 Å². The number of piperidine rings is 1. The lowest BCUT2D eigenvalue weighted by Gasteiger charge is -2.45. The van der Waals surface area contributed by atoms with E-state index >= 15 is 0 Å². The zero-order chi connectivity index (χ0) is 15.4. The van der Waals surface area contributed by atoms with Crippen LogP contribution in [0.25, 0.3) is 0 Å². The van der Waals surface area contributed by atoms with Crippen molar-refractivity contribution in [3.05, 3.63) is 29.8 Å². The van der Waals surface area contributed by atoms with Crippen molar-refractivity contribution in [3.8, 4) is 5.75 Å². The molecule has 2 rings (SSSR count). The van der Waals surface area contributed by atoms with Crippen LogP contribution in [-0.2, 0) is 0 Å². The summed E-state index contributed by atoms with van der Waals surface area (Å²) in [6, 6.07) is 9.15. The fourth-order valence-corrected chi connectivity index (χ4v) is 3.65. The van der Waals surface area contributed by atoms with E-state index in [-0.39, 0.29) is 6.04 Å². The molecule has 4 unspecified atom stereocenters. The number of nitrogens with zero attached hydrogens (tertiary/aromatic N) is 1. The van der Waals surface area contributed by atoms with Crippen LogP contribution in [-0.4, -0.2) is 30.6 Å². The van der Waals surface area contributed by atoms with Crippen molar-refractivity contribution in [2.75, 3.05) is 19.7 Å². The summed E-state index contributed by atoms with van der Waals surface area (Å²) in [5.41, 5.74) is 7.39. The third kappa shape index (κ3) is 3.58. The van der Waals surface area contributed by atoms with Gasteiger partial charge in [0.1, 0.15) is 5.75 Å². The zero-order valence-electron chi connectivity index (χ0n) is 13.9. The van der Waals surface area contributed by atoms with Crippen LogP contribution in [0.5, 0.6) is 5.75 Å². The Morgan fingerprint density at radius 3 is 2.67 bits per heavy atom. The van der Waals surface area contributed by atoms with Gasteiger partial charge in [0.15, 0.2) is 0 Å². The van der Waals surface area contributed by atoms with Crippen LogP contribution in [0.2, 0.25) is 0 Å². The molecule has 1 aromatic carbocycles. The second-order valence-electron chi connectivity index (χ2n) is 6.48. The van der Waals surface area contributed by atoms with Gasteiger partial charge in [-0.25, -0.2) is 0 Å². The number of nitrogens with two attached hydrogens (primary N) is 1. The Labute approximate surface area is 129 Å². The van der Waals surface area contributed by atoms with Gasteiger partial charge < -0.3 is 10.5 Å². The number of para-hydroxylation sites is 1. The Morgan fingerprint density at radius 1 is 1.29 bits per heavy atom. The number of hydrogen-bond acceptors (Lipinski definition) is 3. The highest BCUT2D eigenvalue weighted by atomic mass is 16.5. The maximum atomic E-state index is 6.16.